The molecule has 20 heavy (non-hydrogen) atoms. The van der Waals surface area contributed by atoms with Crippen LogP contribution in [0.15, 0.2) is 51.9 Å². The first kappa shape index (κ1) is 14.8. The van der Waals surface area contributed by atoms with Crippen molar-refractivity contribution in [1.82, 2.24) is 4.57 Å². The van der Waals surface area contributed by atoms with Crippen molar-refractivity contribution in [3.8, 4) is 0 Å². The SMILES string of the molecule is Nc1ccc(=O)n(CCCOCc2cccc(Br)c2)c1. The van der Waals surface area contributed by atoms with Crippen LogP contribution in [0.25, 0.3) is 0 Å². The quantitative estimate of drug-likeness (QED) is 0.825. The first-order valence-electron chi connectivity index (χ1n) is 6.43. The van der Waals surface area contributed by atoms with Crippen LogP contribution in [0, 0.1) is 0 Å². The van der Waals surface area contributed by atoms with E-state index in [0.29, 0.717) is 25.4 Å². The van der Waals surface area contributed by atoms with Gasteiger partial charge >= 0.3 is 0 Å². The van der Waals surface area contributed by atoms with Gasteiger partial charge in [-0.2, -0.15) is 0 Å². The van der Waals surface area contributed by atoms with Crippen LogP contribution in [-0.2, 0) is 17.9 Å². The number of nitrogens with zero attached hydrogens (tertiary/aromatic N) is 1. The van der Waals surface area contributed by atoms with Crippen molar-refractivity contribution in [2.75, 3.05) is 12.3 Å². The molecule has 0 unspecified atom stereocenters. The van der Waals surface area contributed by atoms with Crippen LogP contribution >= 0.6 is 15.9 Å². The van der Waals surface area contributed by atoms with Gasteiger partial charge in [-0.15, -0.1) is 0 Å². The number of ether oxygens (including phenoxy) is 1. The van der Waals surface area contributed by atoms with Gasteiger partial charge in [-0.05, 0) is 30.2 Å². The number of halogens is 1. The number of benzene rings is 1. The molecule has 1 aromatic carbocycles. The second-order valence-electron chi connectivity index (χ2n) is 4.53. The third kappa shape index (κ3) is 4.51. The molecule has 0 saturated carbocycles. The van der Waals surface area contributed by atoms with Gasteiger partial charge in [0.15, 0.2) is 0 Å². The molecule has 0 aliphatic carbocycles. The Kier molecular flexibility index (Phi) is 5.38. The molecule has 0 spiro atoms. The van der Waals surface area contributed by atoms with E-state index in [1.807, 2.05) is 24.3 Å². The van der Waals surface area contributed by atoms with E-state index >= 15 is 0 Å². The van der Waals surface area contributed by atoms with Crippen molar-refractivity contribution >= 4 is 21.6 Å². The predicted molar refractivity (Wildman–Crippen MR) is 83.5 cm³/mol. The fraction of sp³-hybridized carbons (Fsp3) is 0.267. The zero-order valence-electron chi connectivity index (χ0n) is 11.1. The van der Waals surface area contributed by atoms with E-state index in [9.17, 15) is 4.79 Å². The lowest BCUT2D eigenvalue weighted by atomic mass is 10.2. The van der Waals surface area contributed by atoms with Crippen molar-refractivity contribution in [2.24, 2.45) is 0 Å². The normalized spacial score (nSPS) is 10.7. The van der Waals surface area contributed by atoms with E-state index in [1.165, 1.54) is 6.07 Å². The number of hydrogen-bond donors (Lipinski definition) is 1. The lowest BCUT2D eigenvalue weighted by Gasteiger charge is -2.07. The number of aryl methyl sites for hydroxylation is 1. The zero-order valence-corrected chi connectivity index (χ0v) is 12.7. The molecule has 0 fully saturated rings. The summed E-state index contributed by atoms with van der Waals surface area (Å²) < 4.78 is 8.25. The average Bonchev–Trinajstić information content (AvgIpc) is 2.42. The molecule has 0 aliphatic heterocycles. The third-order valence-electron chi connectivity index (χ3n) is 2.85. The van der Waals surface area contributed by atoms with Crippen LogP contribution in [0.3, 0.4) is 0 Å². The summed E-state index contributed by atoms with van der Waals surface area (Å²) in [6.07, 6.45) is 2.44. The number of pyridine rings is 1. The minimum absolute atomic E-state index is 0.0359. The Morgan fingerprint density at radius 1 is 1.25 bits per heavy atom. The molecule has 1 heterocycles. The van der Waals surface area contributed by atoms with E-state index in [4.69, 9.17) is 10.5 Å². The number of anilines is 1. The van der Waals surface area contributed by atoms with E-state index in [2.05, 4.69) is 15.9 Å². The van der Waals surface area contributed by atoms with Gasteiger partial charge in [0.25, 0.3) is 5.56 Å². The van der Waals surface area contributed by atoms with Gasteiger partial charge in [0, 0.05) is 35.6 Å². The highest BCUT2D eigenvalue weighted by atomic mass is 79.9. The van der Waals surface area contributed by atoms with Gasteiger partial charge in [-0.1, -0.05) is 28.1 Å². The number of aromatic nitrogens is 1. The topological polar surface area (TPSA) is 57.2 Å². The molecule has 4 nitrogen and oxygen atoms in total. The minimum atomic E-state index is -0.0359. The standard InChI is InChI=1S/C15H17BrN2O2/c16-13-4-1-3-12(9-13)11-20-8-2-7-18-10-14(17)5-6-15(18)19/h1,3-6,9-10H,2,7-8,11,17H2. The van der Waals surface area contributed by atoms with Crippen molar-refractivity contribution < 1.29 is 4.74 Å². The molecule has 0 amide bonds. The highest BCUT2D eigenvalue weighted by Crippen LogP contribution is 2.12. The van der Waals surface area contributed by atoms with Crippen LogP contribution < -0.4 is 11.3 Å². The predicted octanol–water partition coefficient (Wildman–Crippen LogP) is 2.80. The average molecular weight is 337 g/mol. The number of rotatable bonds is 6. The second-order valence-corrected chi connectivity index (χ2v) is 5.45. The Hall–Kier alpha value is -1.59. The number of nitrogen functional groups attached to an aromatic ring is 1. The summed E-state index contributed by atoms with van der Waals surface area (Å²) in [6.45, 7) is 1.79. The molecule has 5 heteroatoms. The Labute approximate surface area is 126 Å². The largest absolute Gasteiger partial charge is 0.398 e. The van der Waals surface area contributed by atoms with E-state index in [-0.39, 0.29) is 5.56 Å². The molecule has 0 atom stereocenters. The van der Waals surface area contributed by atoms with Crippen molar-refractivity contribution in [3.05, 3.63) is 63.0 Å². The molecule has 0 aliphatic rings. The zero-order chi connectivity index (χ0) is 14.4. The molecular weight excluding hydrogens is 320 g/mol. The summed E-state index contributed by atoms with van der Waals surface area (Å²) in [5.41, 5.74) is 7.34. The fourth-order valence-electron chi connectivity index (χ4n) is 1.88. The summed E-state index contributed by atoms with van der Waals surface area (Å²) in [6, 6.07) is 11.1. The van der Waals surface area contributed by atoms with Gasteiger partial charge < -0.3 is 15.0 Å². The summed E-state index contributed by atoms with van der Waals surface area (Å²) >= 11 is 3.42. The maximum Gasteiger partial charge on any atom is 0.250 e. The van der Waals surface area contributed by atoms with Gasteiger partial charge in [0.05, 0.1) is 6.61 Å². The second kappa shape index (κ2) is 7.26. The van der Waals surface area contributed by atoms with Crippen molar-refractivity contribution in [3.63, 3.8) is 0 Å². The molecule has 0 saturated heterocycles. The van der Waals surface area contributed by atoms with E-state index < -0.39 is 0 Å². The summed E-state index contributed by atoms with van der Waals surface area (Å²) in [7, 11) is 0. The summed E-state index contributed by atoms with van der Waals surface area (Å²) in [5, 5.41) is 0. The van der Waals surface area contributed by atoms with E-state index in [0.717, 1.165) is 16.5 Å². The van der Waals surface area contributed by atoms with Gasteiger partial charge in [0.2, 0.25) is 0 Å². The fourth-order valence-corrected chi connectivity index (χ4v) is 2.32. The molecule has 2 aromatic rings. The van der Waals surface area contributed by atoms with Crippen LogP contribution in [0.2, 0.25) is 0 Å². The van der Waals surface area contributed by atoms with Crippen LogP contribution in [0.1, 0.15) is 12.0 Å². The van der Waals surface area contributed by atoms with Crippen LogP contribution in [0.4, 0.5) is 5.69 Å². The highest BCUT2D eigenvalue weighted by molar-refractivity contribution is 9.10. The van der Waals surface area contributed by atoms with Gasteiger partial charge in [-0.25, -0.2) is 0 Å². The van der Waals surface area contributed by atoms with E-state index in [1.54, 1.807) is 16.8 Å². The molecule has 0 bridgehead atoms. The van der Waals surface area contributed by atoms with Crippen LogP contribution in [0.5, 0.6) is 0 Å². The lowest BCUT2D eigenvalue weighted by molar-refractivity contribution is 0.115. The van der Waals surface area contributed by atoms with Crippen molar-refractivity contribution in [2.45, 2.75) is 19.6 Å². The lowest BCUT2D eigenvalue weighted by Crippen LogP contribution is -2.19. The molecule has 106 valence electrons. The molecular formula is C15H17BrN2O2. The summed E-state index contributed by atoms with van der Waals surface area (Å²) in [4.78, 5) is 11.6. The molecule has 1 aromatic heterocycles. The Balaban J connectivity index is 1.74. The third-order valence-corrected chi connectivity index (χ3v) is 3.35. The Morgan fingerprint density at radius 2 is 2.10 bits per heavy atom. The van der Waals surface area contributed by atoms with Gasteiger partial charge in [0.1, 0.15) is 0 Å². The number of hydrogen-bond acceptors (Lipinski definition) is 3. The highest BCUT2D eigenvalue weighted by Gasteiger charge is 1.98. The Bertz CT molecular complexity index is 625. The monoisotopic (exact) mass is 336 g/mol. The van der Waals surface area contributed by atoms with Crippen LogP contribution in [-0.4, -0.2) is 11.2 Å². The Morgan fingerprint density at radius 3 is 2.90 bits per heavy atom. The molecule has 2 N–H and O–H groups in total. The van der Waals surface area contributed by atoms with Gasteiger partial charge in [-0.3, -0.25) is 4.79 Å². The molecule has 0 radical (unpaired) electrons. The number of nitrogens with two attached hydrogens (primary N) is 1. The maximum absolute atomic E-state index is 11.6. The first-order chi connectivity index (χ1) is 9.65. The van der Waals surface area contributed by atoms with Crippen molar-refractivity contribution in [1.29, 1.82) is 0 Å². The molecule has 2 rings (SSSR count). The summed E-state index contributed by atoms with van der Waals surface area (Å²) in [5.74, 6) is 0. The minimum Gasteiger partial charge on any atom is -0.398 e. The first-order valence-corrected chi connectivity index (χ1v) is 7.22. The smallest absolute Gasteiger partial charge is 0.250 e. The maximum atomic E-state index is 11.6.